The van der Waals surface area contributed by atoms with Crippen LogP contribution in [0.1, 0.15) is 53.4 Å². The SMILES string of the molecule is CCC(C)C(C)NC(C)CN1CCCCC1. The monoisotopic (exact) mass is 226 g/mol. The van der Waals surface area contributed by atoms with Crippen LogP contribution in [0.4, 0.5) is 0 Å². The maximum Gasteiger partial charge on any atom is 0.0169 e. The minimum Gasteiger partial charge on any atom is -0.310 e. The Morgan fingerprint density at radius 1 is 1.06 bits per heavy atom. The van der Waals surface area contributed by atoms with E-state index in [0.29, 0.717) is 12.1 Å². The van der Waals surface area contributed by atoms with Gasteiger partial charge in [0.2, 0.25) is 0 Å². The molecule has 3 atom stereocenters. The molecule has 16 heavy (non-hydrogen) atoms. The summed E-state index contributed by atoms with van der Waals surface area (Å²) in [5, 5.41) is 3.74. The molecule has 1 aliphatic rings. The Hall–Kier alpha value is -0.0800. The molecule has 0 aromatic carbocycles. The summed E-state index contributed by atoms with van der Waals surface area (Å²) in [5.41, 5.74) is 0. The third-order valence-corrected chi connectivity index (χ3v) is 4.03. The first kappa shape index (κ1) is 14.0. The molecule has 1 rings (SSSR count). The molecule has 0 bridgehead atoms. The molecule has 1 fully saturated rings. The number of nitrogens with one attached hydrogen (secondary N) is 1. The lowest BCUT2D eigenvalue weighted by Crippen LogP contribution is -2.46. The largest absolute Gasteiger partial charge is 0.310 e. The molecular weight excluding hydrogens is 196 g/mol. The predicted molar refractivity (Wildman–Crippen MR) is 71.8 cm³/mol. The van der Waals surface area contributed by atoms with E-state index in [1.54, 1.807) is 0 Å². The molecule has 0 saturated carbocycles. The molecule has 2 nitrogen and oxygen atoms in total. The topological polar surface area (TPSA) is 15.3 Å². The van der Waals surface area contributed by atoms with Gasteiger partial charge in [0.05, 0.1) is 0 Å². The summed E-state index contributed by atoms with van der Waals surface area (Å²) < 4.78 is 0. The van der Waals surface area contributed by atoms with Crippen LogP contribution in [-0.4, -0.2) is 36.6 Å². The number of hydrogen-bond donors (Lipinski definition) is 1. The van der Waals surface area contributed by atoms with Crippen LogP contribution in [0, 0.1) is 5.92 Å². The summed E-state index contributed by atoms with van der Waals surface area (Å²) in [6.45, 7) is 13.1. The van der Waals surface area contributed by atoms with Crippen LogP contribution in [0.5, 0.6) is 0 Å². The third-order valence-electron chi connectivity index (χ3n) is 4.03. The van der Waals surface area contributed by atoms with E-state index < -0.39 is 0 Å². The van der Waals surface area contributed by atoms with Gasteiger partial charge in [0.1, 0.15) is 0 Å². The fourth-order valence-corrected chi connectivity index (χ4v) is 2.55. The van der Waals surface area contributed by atoms with Gasteiger partial charge < -0.3 is 10.2 Å². The van der Waals surface area contributed by atoms with Crippen molar-refractivity contribution in [1.29, 1.82) is 0 Å². The van der Waals surface area contributed by atoms with Gasteiger partial charge in [-0.2, -0.15) is 0 Å². The normalized spacial score (nSPS) is 24.0. The van der Waals surface area contributed by atoms with Gasteiger partial charge in [0, 0.05) is 18.6 Å². The predicted octanol–water partition coefficient (Wildman–Crippen LogP) is 2.89. The van der Waals surface area contributed by atoms with Crippen molar-refractivity contribution in [3.8, 4) is 0 Å². The maximum atomic E-state index is 3.74. The molecule has 1 N–H and O–H groups in total. The lowest BCUT2D eigenvalue weighted by molar-refractivity contribution is 0.199. The average molecular weight is 226 g/mol. The van der Waals surface area contributed by atoms with Crippen molar-refractivity contribution in [2.24, 2.45) is 5.92 Å². The van der Waals surface area contributed by atoms with E-state index in [0.717, 1.165) is 5.92 Å². The number of likely N-dealkylation sites (tertiary alicyclic amines) is 1. The van der Waals surface area contributed by atoms with Crippen LogP contribution in [0.2, 0.25) is 0 Å². The van der Waals surface area contributed by atoms with Gasteiger partial charge in [-0.05, 0) is 45.7 Å². The highest BCUT2D eigenvalue weighted by molar-refractivity contribution is 4.76. The van der Waals surface area contributed by atoms with E-state index in [1.165, 1.54) is 45.3 Å². The number of rotatable bonds is 6. The highest BCUT2D eigenvalue weighted by Gasteiger charge is 2.16. The van der Waals surface area contributed by atoms with Crippen molar-refractivity contribution in [2.75, 3.05) is 19.6 Å². The number of nitrogens with zero attached hydrogens (tertiary/aromatic N) is 1. The van der Waals surface area contributed by atoms with Gasteiger partial charge in [-0.3, -0.25) is 0 Å². The van der Waals surface area contributed by atoms with Crippen molar-refractivity contribution in [2.45, 2.75) is 65.5 Å². The summed E-state index contributed by atoms with van der Waals surface area (Å²) >= 11 is 0. The van der Waals surface area contributed by atoms with Gasteiger partial charge in [0.25, 0.3) is 0 Å². The second kappa shape index (κ2) is 7.29. The van der Waals surface area contributed by atoms with Crippen LogP contribution >= 0.6 is 0 Å². The van der Waals surface area contributed by atoms with Gasteiger partial charge in [-0.15, -0.1) is 0 Å². The number of piperidine rings is 1. The first-order valence-corrected chi connectivity index (χ1v) is 7.12. The molecule has 1 heterocycles. The van der Waals surface area contributed by atoms with E-state index >= 15 is 0 Å². The minimum atomic E-state index is 0.627. The van der Waals surface area contributed by atoms with E-state index in [4.69, 9.17) is 0 Å². The van der Waals surface area contributed by atoms with E-state index in [1.807, 2.05) is 0 Å². The molecular formula is C14H30N2. The molecule has 0 radical (unpaired) electrons. The van der Waals surface area contributed by atoms with Crippen LogP contribution in [0.3, 0.4) is 0 Å². The molecule has 0 aromatic heterocycles. The molecule has 0 aliphatic carbocycles. The zero-order valence-electron chi connectivity index (χ0n) is 11.6. The fraction of sp³-hybridized carbons (Fsp3) is 1.00. The van der Waals surface area contributed by atoms with Crippen molar-refractivity contribution in [3.05, 3.63) is 0 Å². The van der Waals surface area contributed by atoms with Crippen LogP contribution in [0.25, 0.3) is 0 Å². The highest BCUT2D eigenvalue weighted by Crippen LogP contribution is 2.11. The summed E-state index contributed by atoms with van der Waals surface area (Å²) in [4.78, 5) is 2.62. The van der Waals surface area contributed by atoms with Crippen molar-refractivity contribution in [1.82, 2.24) is 10.2 Å². The summed E-state index contributed by atoms with van der Waals surface area (Å²) in [6, 6.07) is 1.27. The quantitative estimate of drug-likeness (QED) is 0.749. The zero-order chi connectivity index (χ0) is 12.0. The average Bonchev–Trinajstić information content (AvgIpc) is 2.29. The zero-order valence-corrected chi connectivity index (χ0v) is 11.6. The smallest absolute Gasteiger partial charge is 0.0169 e. The summed E-state index contributed by atoms with van der Waals surface area (Å²) in [5.74, 6) is 0.781. The molecule has 1 saturated heterocycles. The Kier molecular flexibility index (Phi) is 6.37. The maximum absolute atomic E-state index is 3.74. The van der Waals surface area contributed by atoms with Gasteiger partial charge >= 0.3 is 0 Å². The molecule has 0 amide bonds. The first-order valence-electron chi connectivity index (χ1n) is 7.12. The second-order valence-electron chi connectivity index (χ2n) is 5.60. The van der Waals surface area contributed by atoms with Gasteiger partial charge in [0.15, 0.2) is 0 Å². The lowest BCUT2D eigenvalue weighted by atomic mass is 10.00. The Morgan fingerprint density at radius 3 is 2.25 bits per heavy atom. The molecule has 96 valence electrons. The minimum absolute atomic E-state index is 0.627. The summed E-state index contributed by atoms with van der Waals surface area (Å²) in [7, 11) is 0. The van der Waals surface area contributed by atoms with Crippen molar-refractivity contribution in [3.63, 3.8) is 0 Å². The first-order chi connectivity index (χ1) is 7.63. The second-order valence-corrected chi connectivity index (χ2v) is 5.60. The molecule has 2 heteroatoms. The van der Waals surface area contributed by atoms with Crippen molar-refractivity contribution >= 4 is 0 Å². The van der Waals surface area contributed by atoms with Gasteiger partial charge in [-0.1, -0.05) is 26.7 Å². The Bertz CT molecular complexity index is 172. The molecule has 0 spiro atoms. The van der Waals surface area contributed by atoms with Gasteiger partial charge in [-0.25, -0.2) is 0 Å². The van der Waals surface area contributed by atoms with Crippen molar-refractivity contribution < 1.29 is 0 Å². The number of hydrogen-bond acceptors (Lipinski definition) is 2. The Morgan fingerprint density at radius 2 is 1.69 bits per heavy atom. The Labute approximate surface area is 102 Å². The highest BCUT2D eigenvalue weighted by atomic mass is 15.2. The Balaban J connectivity index is 2.20. The van der Waals surface area contributed by atoms with Crippen LogP contribution in [-0.2, 0) is 0 Å². The van der Waals surface area contributed by atoms with E-state index in [2.05, 4.69) is 37.9 Å². The fourth-order valence-electron chi connectivity index (χ4n) is 2.55. The third kappa shape index (κ3) is 4.84. The van der Waals surface area contributed by atoms with E-state index in [-0.39, 0.29) is 0 Å². The van der Waals surface area contributed by atoms with Crippen LogP contribution in [0.15, 0.2) is 0 Å². The molecule has 0 aromatic rings. The lowest BCUT2D eigenvalue weighted by Gasteiger charge is -2.31. The van der Waals surface area contributed by atoms with Crippen LogP contribution < -0.4 is 5.32 Å². The summed E-state index contributed by atoms with van der Waals surface area (Å²) in [6.07, 6.45) is 5.49. The molecule has 3 unspecified atom stereocenters. The van der Waals surface area contributed by atoms with E-state index in [9.17, 15) is 0 Å². The molecule has 1 aliphatic heterocycles. The standard InChI is InChI=1S/C14H30N2/c1-5-12(2)14(4)15-13(3)11-16-9-7-6-8-10-16/h12-15H,5-11H2,1-4H3.